The molecule has 0 aromatic carbocycles. The fourth-order valence-corrected chi connectivity index (χ4v) is 4.09. The quantitative estimate of drug-likeness (QED) is 0.372. The number of H-pyrrole nitrogens is 2. The van der Waals surface area contributed by atoms with E-state index >= 15 is 0 Å². The number of hydrogen-bond donors (Lipinski definition) is 3. The summed E-state index contributed by atoms with van der Waals surface area (Å²) in [6.45, 7) is 4.58. The van der Waals surface area contributed by atoms with E-state index in [1.54, 1.807) is 29.6 Å². The molecule has 3 N–H and O–H groups in total. The molecule has 4 aromatic rings. The van der Waals surface area contributed by atoms with Gasteiger partial charge < -0.3 is 15.2 Å². The van der Waals surface area contributed by atoms with Crippen LogP contribution in [-0.4, -0.2) is 59.9 Å². The van der Waals surface area contributed by atoms with E-state index < -0.39 is 0 Å². The number of anilines is 1. The van der Waals surface area contributed by atoms with Crippen LogP contribution in [0.5, 0.6) is 0 Å². The highest BCUT2D eigenvalue weighted by molar-refractivity contribution is 5.93. The van der Waals surface area contributed by atoms with Crippen LogP contribution in [0.1, 0.15) is 12.8 Å². The van der Waals surface area contributed by atoms with Gasteiger partial charge in [-0.25, -0.2) is 9.97 Å². The highest BCUT2D eigenvalue weighted by atomic mass is 16.2. The zero-order valence-corrected chi connectivity index (χ0v) is 18.9. The molecule has 176 valence electrons. The molecule has 5 heterocycles. The van der Waals surface area contributed by atoms with E-state index in [9.17, 15) is 9.59 Å². The average Bonchev–Trinajstić information content (AvgIpc) is 3.62. The predicted molar refractivity (Wildman–Crippen MR) is 131 cm³/mol. The second-order valence-corrected chi connectivity index (χ2v) is 8.27. The topological polar surface area (TPSA) is 133 Å². The normalized spacial score (nSPS) is 15.5. The molecule has 0 bridgehead atoms. The molecule has 1 aliphatic heterocycles. The molecular weight excluding hydrogens is 444 g/mol. The summed E-state index contributed by atoms with van der Waals surface area (Å²) >= 11 is 0. The van der Waals surface area contributed by atoms with Gasteiger partial charge in [-0.2, -0.15) is 5.10 Å². The molecule has 5 rings (SSSR count). The molecule has 1 fully saturated rings. The summed E-state index contributed by atoms with van der Waals surface area (Å²) in [6.07, 6.45) is 7.81. The lowest BCUT2D eigenvalue weighted by atomic mass is 9.97. The van der Waals surface area contributed by atoms with Gasteiger partial charge in [-0.05, 0) is 49.2 Å². The Morgan fingerprint density at radius 1 is 1.06 bits per heavy atom. The molecule has 1 saturated heterocycles. The molecule has 0 aliphatic carbocycles. The average molecular weight is 469 g/mol. The van der Waals surface area contributed by atoms with Gasteiger partial charge in [0.1, 0.15) is 5.69 Å². The maximum atomic E-state index is 12.7. The Balaban J connectivity index is 1.25. The van der Waals surface area contributed by atoms with E-state index in [2.05, 4.69) is 42.0 Å². The Morgan fingerprint density at radius 2 is 1.94 bits per heavy atom. The van der Waals surface area contributed by atoms with Gasteiger partial charge in [0.25, 0.3) is 0 Å². The molecule has 0 spiro atoms. The Morgan fingerprint density at radius 3 is 2.71 bits per heavy atom. The number of carbonyl (C=O) groups excluding carboxylic acids is 2. The second-order valence-electron chi connectivity index (χ2n) is 8.27. The van der Waals surface area contributed by atoms with Gasteiger partial charge in [-0.15, -0.1) is 0 Å². The Hall–Kier alpha value is -4.60. The van der Waals surface area contributed by atoms with Gasteiger partial charge in [0.2, 0.25) is 11.8 Å². The van der Waals surface area contributed by atoms with Gasteiger partial charge in [-0.3, -0.25) is 19.7 Å². The van der Waals surface area contributed by atoms with Crippen molar-refractivity contribution in [3.05, 3.63) is 67.6 Å². The number of piperidine rings is 1. The Bertz CT molecular complexity index is 1340. The third kappa shape index (κ3) is 4.86. The third-order valence-electron chi connectivity index (χ3n) is 5.93. The van der Waals surface area contributed by atoms with Crippen molar-refractivity contribution < 1.29 is 9.59 Å². The van der Waals surface area contributed by atoms with Crippen LogP contribution in [0, 0.1) is 5.92 Å². The largest absolute Gasteiger partial charge is 0.338 e. The molecular formula is C25H24N8O2. The molecule has 10 nitrogen and oxygen atoms in total. The van der Waals surface area contributed by atoms with Crippen molar-refractivity contribution in [3.63, 3.8) is 0 Å². The lowest BCUT2D eigenvalue weighted by Gasteiger charge is -2.31. The van der Waals surface area contributed by atoms with Crippen molar-refractivity contribution in [2.75, 3.05) is 18.4 Å². The number of aromatic amines is 2. The van der Waals surface area contributed by atoms with Gasteiger partial charge >= 0.3 is 0 Å². The molecule has 0 unspecified atom stereocenters. The molecule has 2 amide bonds. The van der Waals surface area contributed by atoms with Crippen LogP contribution in [0.3, 0.4) is 0 Å². The Labute approximate surface area is 201 Å². The minimum Gasteiger partial charge on any atom is -0.338 e. The number of nitrogens with one attached hydrogen (secondary N) is 3. The number of carbonyl (C=O) groups is 2. The summed E-state index contributed by atoms with van der Waals surface area (Å²) in [6, 6.07) is 11.2. The number of likely N-dealkylation sites (tertiary alicyclic amines) is 1. The predicted octanol–water partition coefficient (Wildman–Crippen LogP) is 3.29. The van der Waals surface area contributed by atoms with Gasteiger partial charge in [-0.1, -0.05) is 12.6 Å². The number of imidazole rings is 1. The van der Waals surface area contributed by atoms with Gasteiger partial charge in [0.15, 0.2) is 5.82 Å². The smallest absolute Gasteiger partial charge is 0.245 e. The lowest BCUT2D eigenvalue weighted by Crippen LogP contribution is -2.43. The summed E-state index contributed by atoms with van der Waals surface area (Å²) in [5, 5.41) is 9.79. The van der Waals surface area contributed by atoms with Crippen LogP contribution in [-0.2, 0) is 9.59 Å². The van der Waals surface area contributed by atoms with Crippen molar-refractivity contribution >= 4 is 17.5 Å². The summed E-state index contributed by atoms with van der Waals surface area (Å²) in [5.41, 5.74) is 4.31. The molecule has 4 aromatic heterocycles. The van der Waals surface area contributed by atoms with E-state index in [0.29, 0.717) is 36.0 Å². The van der Waals surface area contributed by atoms with Crippen molar-refractivity contribution in [1.29, 1.82) is 0 Å². The van der Waals surface area contributed by atoms with Crippen molar-refractivity contribution in [3.8, 4) is 34.3 Å². The van der Waals surface area contributed by atoms with E-state index in [0.717, 1.165) is 29.9 Å². The molecule has 0 saturated carbocycles. The SMILES string of the molecule is C=CC(=O)N1CCC[C@H](C(=O)Nc2ccc(-c3cnc(-c4cccc(-c5ccn[nH]5)n4)[nH]3)nc2)C1. The first-order valence-electron chi connectivity index (χ1n) is 11.3. The summed E-state index contributed by atoms with van der Waals surface area (Å²) < 4.78 is 0. The summed E-state index contributed by atoms with van der Waals surface area (Å²) in [4.78, 5) is 43.1. The van der Waals surface area contributed by atoms with Crippen molar-refractivity contribution in [1.82, 2.24) is 35.0 Å². The highest BCUT2D eigenvalue weighted by Crippen LogP contribution is 2.24. The standard InChI is InChI=1S/C25H24N8O2/c1-2-23(34)33-12-4-5-16(15-33)25(35)29-17-8-9-18(26-13-17)22-14-27-24(31-22)21-7-3-6-19(30-21)20-10-11-28-32-20/h2-3,6-11,13-14,16H,1,4-5,12,15H2,(H,27,31)(H,28,32)(H,29,35)/t16-/m0/s1. The van der Waals surface area contributed by atoms with E-state index in [1.807, 2.05) is 30.3 Å². The highest BCUT2D eigenvalue weighted by Gasteiger charge is 2.27. The first-order valence-corrected chi connectivity index (χ1v) is 11.3. The monoisotopic (exact) mass is 468 g/mol. The second kappa shape index (κ2) is 9.72. The molecule has 1 aliphatic rings. The molecule has 0 radical (unpaired) electrons. The van der Waals surface area contributed by atoms with Crippen molar-refractivity contribution in [2.45, 2.75) is 12.8 Å². The zero-order chi connectivity index (χ0) is 24.2. The first-order chi connectivity index (χ1) is 17.1. The minimum atomic E-state index is -0.257. The molecule has 35 heavy (non-hydrogen) atoms. The van der Waals surface area contributed by atoms with Crippen LogP contribution in [0.2, 0.25) is 0 Å². The fourth-order valence-electron chi connectivity index (χ4n) is 4.09. The fraction of sp³-hybridized carbons (Fsp3) is 0.200. The number of pyridine rings is 2. The number of rotatable bonds is 6. The molecule has 1 atom stereocenters. The van der Waals surface area contributed by atoms with Crippen LogP contribution < -0.4 is 5.32 Å². The van der Waals surface area contributed by atoms with E-state index in [1.165, 1.54) is 6.08 Å². The number of nitrogens with zero attached hydrogens (tertiary/aromatic N) is 5. The van der Waals surface area contributed by atoms with Crippen LogP contribution in [0.4, 0.5) is 5.69 Å². The van der Waals surface area contributed by atoms with Crippen LogP contribution in [0.25, 0.3) is 34.3 Å². The Kier molecular flexibility index (Phi) is 6.16. The summed E-state index contributed by atoms with van der Waals surface area (Å²) in [7, 11) is 0. The first kappa shape index (κ1) is 22.2. The number of hydrogen-bond acceptors (Lipinski definition) is 6. The minimum absolute atomic E-state index is 0.117. The number of amides is 2. The number of aromatic nitrogens is 6. The van der Waals surface area contributed by atoms with E-state index in [4.69, 9.17) is 0 Å². The van der Waals surface area contributed by atoms with Crippen LogP contribution in [0.15, 0.2) is 67.6 Å². The molecule has 10 heteroatoms. The zero-order valence-electron chi connectivity index (χ0n) is 18.9. The maximum Gasteiger partial charge on any atom is 0.245 e. The van der Waals surface area contributed by atoms with Gasteiger partial charge in [0.05, 0.1) is 46.8 Å². The van der Waals surface area contributed by atoms with E-state index in [-0.39, 0.29) is 17.7 Å². The van der Waals surface area contributed by atoms with Crippen LogP contribution >= 0.6 is 0 Å². The maximum absolute atomic E-state index is 12.7. The summed E-state index contributed by atoms with van der Waals surface area (Å²) in [5.74, 6) is 0.104. The lowest BCUT2D eigenvalue weighted by molar-refractivity contribution is -0.130. The third-order valence-corrected chi connectivity index (χ3v) is 5.93. The van der Waals surface area contributed by atoms with Gasteiger partial charge in [0, 0.05) is 19.3 Å². The van der Waals surface area contributed by atoms with Crippen molar-refractivity contribution in [2.24, 2.45) is 5.92 Å².